The molecule has 18 heavy (non-hydrogen) atoms. The van der Waals surface area contributed by atoms with Crippen LogP contribution >= 0.6 is 0 Å². The van der Waals surface area contributed by atoms with E-state index in [9.17, 15) is 9.59 Å². The van der Waals surface area contributed by atoms with Crippen molar-refractivity contribution in [1.82, 2.24) is 19.4 Å². The first-order chi connectivity index (χ1) is 8.74. The smallest absolute Gasteiger partial charge is 0.331 e. The molecule has 0 aliphatic heterocycles. The summed E-state index contributed by atoms with van der Waals surface area (Å²) in [4.78, 5) is 39.3. The van der Waals surface area contributed by atoms with Crippen molar-refractivity contribution < 1.29 is 19.3 Å². The minimum Gasteiger partial charge on any atom is -0.331 e. The molecule has 0 aliphatic carbocycles. The molecule has 0 amide bonds. The highest BCUT2D eigenvalue weighted by Gasteiger charge is 2.03. The molecule has 8 nitrogen and oxygen atoms in total. The van der Waals surface area contributed by atoms with Crippen LogP contribution in [-0.4, -0.2) is 31.4 Å². The lowest BCUT2D eigenvalue weighted by Gasteiger charge is -2.00. The molecule has 2 rings (SSSR count). The molecule has 0 fully saturated rings. The van der Waals surface area contributed by atoms with E-state index >= 15 is 0 Å². The fourth-order valence-corrected chi connectivity index (χ4v) is 1.01. The molecule has 0 aliphatic rings. The highest BCUT2D eigenvalue weighted by atomic mass is 16.7. The molecule has 0 radical (unpaired) electrons. The first kappa shape index (κ1) is 11.6. The molecule has 2 aromatic rings. The molecule has 0 saturated heterocycles. The Morgan fingerprint density at radius 1 is 0.889 bits per heavy atom. The fourth-order valence-electron chi connectivity index (χ4n) is 1.01. The van der Waals surface area contributed by atoms with Gasteiger partial charge in [-0.3, -0.25) is 0 Å². The molecule has 8 heteroatoms. The van der Waals surface area contributed by atoms with Crippen molar-refractivity contribution in [3.05, 3.63) is 49.6 Å². The molecule has 0 atom stereocenters. The summed E-state index contributed by atoms with van der Waals surface area (Å²) in [5, 5.41) is 0. The van der Waals surface area contributed by atoms with Gasteiger partial charge < -0.3 is 9.68 Å². The number of aromatic nitrogens is 4. The molecular weight excluding hydrogens is 240 g/mol. The van der Waals surface area contributed by atoms with Crippen molar-refractivity contribution in [2.75, 3.05) is 0 Å². The lowest BCUT2D eigenvalue weighted by molar-refractivity contribution is -0.141. The molecule has 0 aromatic carbocycles. The molecule has 0 N–H and O–H groups in total. The van der Waals surface area contributed by atoms with E-state index in [0.717, 1.165) is 21.6 Å². The van der Waals surface area contributed by atoms with Crippen LogP contribution in [0.3, 0.4) is 0 Å². The maximum absolute atomic E-state index is 11.2. The summed E-state index contributed by atoms with van der Waals surface area (Å²) in [5.41, 5.74) is 0. The van der Waals surface area contributed by atoms with Crippen molar-refractivity contribution in [2.24, 2.45) is 0 Å². The Bertz CT molecular complexity index is 494. The monoisotopic (exact) mass is 248 g/mol. The molecule has 0 unspecified atom stereocenters. The third kappa shape index (κ3) is 3.30. The minimum absolute atomic E-state index is 0.726. The molecule has 0 spiro atoms. The number of hydrogen-bond donors (Lipinski definition) is 0. The average Bonchev–Trinajstić information content (AvgIpc) is 2.99. The van der Waals surface area contributed by atoms with Crippen molar-refractivity contribution in [3.8, 4) is 0 Å². The van der Waals surface area contributed by atoms with Crippen molar-refractivity contribution in [2.45, 2.75) is 0 Å². The molecule has 92 valence electrons. The van der Waals surface area contributed by atoms with Gasteiger partial charge in [0.15, 0.2) is 0 Å². The quantitative estimate of drug-likeness (QED) is 0.661. The fraction of sp³-hybridized carbons (Fsp3) is 0. The maximum atomic E-state index is 11.2. The Hall–Kier alpha value is -2.90. The predicted octanol–water partition coefficient (Wildman–Crippen LogP) is -0.754. The third-order valence-electron chi connectivity index (χ3n) is 1.71. The maximum Gasteiger partial charge on any atom is 0.356 e. The van der Waals surface area contributed by atoms with E-state index in [4.69, 9.17) is 9.68 Å². The van der Waals surface area contributed by atoms with Crippen LogP contribution in [0.15, 0.2) is 49.6 Å². The number of imidazole rings is 2. The van der Waals surface area contributed by atoms with Crippen molar-refractivity contribution >= 4 is 11.9 Å². The molecule has 0 saturated carbocycles. The predicted molar refractivity (Wildman–Crippen MR) is 56.8 cm³/mol. The van der Waals surface area contributed by atoms with Crippen LogP contribution in [-0.2, 0) is 9.59 Å². The number of carbonyl (C=O) groups excluding carboxylic acids is 2. The summed E-state index contributed by atoms with van der Waals surface area (Å²) in [5.74, 6) is -1.45. The highest BCUT2D eigenvalue weighted by Crippen LogP contribution is 1.86. The van der Waals surface area contributed by atoms with Crippen LogP contribution < -0.4 is 9.68 Å². The van der Waals surface area contributed by atoms with Crippen LogP contribution in [0.4, 0.5) is 0 Å². The topological polar surface area (TPSA) is 88.2 Å². The summed E-state index contributed by atoms with van der Waals surface area (Å²) in [6.45, 7) is 0. The van der Waals surface area contributed by atoms with E-state index in [0.29, 0.717) is 0 Å². The van der Waals surface area contributed by atoms with Crippen LogP contribution in [0.5, 0.6) is 0 Å². The first-order valence-electron chi connectivity index (χ1n) is 4.82. The standard InChI is InChI=1S/C10H8N4O4/c15-9(17-13-5-3-11-7-13)1-2-10(16)18-14-6-4-12-8-14/h1-8H/b2-1-. The summed E-state index contributed by atoms with van der Waals surface area (Å²) >= 11 is 0. The first-order valence-corrected chi connectivity index (χ1v) is 4.82. The summed E-state index contributed by atoms with van der Waals surface area (Å²) in [7, 11) is 0. The lowest BCUT2D eigenvalue weighted by atomic mass is 10.5. The Morgan fingerprint density at radius 2 is 1.33 bits per heavy atom. The van der Waals surface area contributed by atoms with Crippen LogP contribution in [0.1, 0.15) is 0 Å². The zero-order chi connectivity index (χ0) is 12.8. The van der Waals surface area contributed by atoms with Gasteiger partial charge in [-0.25, -0.2) is 19.6 Å². The van der Waals surface area contributed by atoms with E-state index in [-0.39, 0.29) is 0 Å². The third-order valence-corrected chi connectivity index (χ3v) is 1.71. The van der Waals surface area contributed by atoms with E-state index in [1.165, 1.54) is 37.4 Å². The Labute approximate surface area is 101 Å². The molecular formula is C10H8N4O4. The van der Waals surface area contributed by atoms with Gasteiger partial charge in [0, 0.05) is 24.5 Å². The number of rotatable bonds is 4. The van der Waals surface area contributed by atoms with Crippen LogP contribution in [0.25, 0.3) is 0 Å². The second kappa shape index (κ2) is 5.43. The van der Waals surface area contributed by atoms with E-state index in [1.54, 1.807) is 0 Å². The number of carbonyl (C=O) groups is 2. The minimum atomic E-state index is -0.726. The molecule has 0 bridgehead atoms. The van der Waals surface area contributed by atoms with Gasteiger partial charge in [-0.1, -0.05) is 0 Å². The zero-order valence-corrected chi connectivity index (χ0v) is 9.04. The number of hydrogen-bond acceptors (Lipinski definition) is 6. The SMILES string of the molecule is O=C(/C=C\C(=O)On1ccnc1)On1ccnc1. The lowest BCUT2D eigenvalue weighted by Crippen LogP contribution is -2.18. The zero-order valence-electron chi connectivity index (χ0n) is 9.04. The van der Waals surface area contributed by atoms with Crippen molar-refractivity contribution in [1.29, 1.82) is 0 Å². The van der Waals surface area contributed by atoms with Crippen molar-refractivity contribution in [3.63, 3.8) is 0 Å². The van der Waals surface area contributed by atoms with Gasteiger partial charge in [0.2, 0.25) is 0 Å². The van der Waals surface area contributed by atoms with E-state index < -0.39 is 11.9 Å². The van der Waals surface area contributed by atoms with E-state index in [2.05, 4.69) is 9.97 Å². The van der Waals surface area contributed by atoms with Gasteiger partial charge in [-0.15, -0.1) is 0 Å². The Morgan fingerprint density at radius 3 is 1.67 bits per heavy atom. The average molecular weight is 248 g/mol. The van der Waals surface area contributed by atoms with Crippen LogP contribution in [0.2, 0.25) is 0 Å². The largest absolute Gasteiger partial charge is 0.356 e. The Kier molecular flexibility index (Phi) is 3.50. The number of nitrogens with zero attached hydrogens (tertiary/aromatic N) is 4. The normalized spacial score (nSPS) is 10.4. The summed E-state index contributed by atoms with van der Waals surface area (Å²) in [6, 6.07) is 0. The summed E-state index contributed by atoms with van der Waals surface area (Å²) < 4.78 is 2.21. The molecule has 2 aromatic heterocycles. The van der Waals surface area contributed by atoms with E-state index in [1.807, 2.05) is 0 Å². The van der Waals surface area contributed by atoms with Gasteiger partial charge in [0.25, 0.3) is 0 Å². The van der Waals surface area contributed by atoms with Crippen LogP contribution in [0, 0.1) is 0 Å². The van der Waals surface area contributed by atoms with Gasteiger partial charge >= 0.3 is 11.9 Å². The van der Waals surface area contributed by atoms with Gasteiger partial charge in [0.05, 0.1) is 12.4 Å². The molecule has 2 heterocycles. The second-order valence-electron chi connectivity index (χ2n) is 3.00. The highest BCUT2D eigenvalue weighted by molar-refractivity contribution is 5.91. The Balaban J connectivity index is 1.83. The van der Waals surface area contributed by atoms with Gasteiger partial charge in [0.1, 0.15) is 12.7 Å². The van der Waals surface area contributed by atoms with Gasteiger partial charge in [-0.2, -0.15) is 9.46 Å². The summed E-state index contributed by atoms with van der Waals surface area (Å²) in [6.07, 6.45) is 10.3. The van der Waals surface area contributed by atoms with Gasteiger partial charge in [-0.05, 0) is 0 Å². The second-order valence-corrected chi connectivity index (χ2v) is 3.00.